The van der Waals surface area contributed by atoms with Crippen LogP contribution in [-0.4, -0.2) is 76.7 Å². The second-order valence-electron chi connectivity index (χ2n) is 14.8. The van der Waals surface area contributed by atoms with Crippen LogP contribution in [0.3, 0.4) is 0 Å². The van der Waals surface area contributed by atoms with E-state index in [4.69, 9.17) is 18.0 Å². The van der Waals surface area contributed by atoms with Crippen molar-refractivity contribution >= 4 is 60.5 Å². The highest BCUT2D eigenvalue weighted by molar-refractivity contribution is 7.99. The second-order valence-corrected chi connectivity index (χ2v) is 19.9. The summed E-state index contributed by atoms with van der Waals surface area (Å²) in [6.07, 6.45) is 6.40. The van der Waals surface area contributed by atoms with E-state index in [0.717, 1.165) is 39.4 Å². The van der Waals surface area contributed by atoms with Crippen LogP contribution in [0.5, 0.6) is 0 Å². The van der Waals surface area contributed by atoms with Crippen molar-refractivity contribution in [2.24, 2.45) is 5.92 Å². The number of carbonyl (C=O) groups excluding carboxylic acids is 1. The standard InChI is InChI=1S/C45H44ClF3N4O6S3/c1-3-52(2)26-25-35(30-60-37-9-5-4-6-10-37)50-41-22-21-38(29-42(41)61(56,57)45(47,48)49)62(58,59)51-44(55)33-15-19-36(20-16-33)53-27-23-32(24-28-53)43(54)40-12-8-7-11-39(40)31-13-17-34(46)18-14-31/h1,4-22,29,32,35,43,50,54H,23-28,30H2,2H3,(H,51,55). The number of anilines is 2. The molecule has 6 rings (SSSR count). The maximum absolute atomic E-state index is 14.1. The molecule has 3 N–H and O–H groups in total. The Morgan fingerprint density at radius 1 is 0.935 bits per heavy atom. The molecule has 62 heavy (non-hydrogen) atoms. The molecule has 326 valence electrons. The van der Waals surface area contributed by atoms with E-state index < -0.39 is 58.9 Å². The third-order valence-corrected chi connectivity index (χ3v) is 14.9. The van der Waals surface area contributed by atoms with Crippen LogP contribution in [0.15, 0.2) is 136 Å². The quantitative estimate of drug-likeness (QED) is 0.0501. The number of sulfone groups is 1. The number of alkyl halides is 3. The summed E-state index contributed by atoms with van der Waals surface area (Å²) >= 11 is 7.47. The van der Waals surface area contributed by atoms with E-state index in [1.54, 1.807) is 19.2 Å². The van der Waals surface area contributed by atoms with Crippen molar-refractivity contribution in [2.45, 2.75) is 51.6 Å². The van der Waals surface area contributed by atoms with Gasteiger partial charge in [-0.15, -0.1) is 11.8 Å². The Labute approximate surface area is 369 Å². The number of aliphatic hydroxyl groups excluding tert-OH is 1. The molecule has 17 heteroatoms. The van der Waals surface area contributed by atoms with E-state index in [9.17, 15) is 39.9 Å². The molecule has 0 bridgehead atoms. The van der Waals surface area contributed by atoms with Gasteiger partial charge in [0.1, 0.15) is 4.90 Å². The van der Waals surface area contributed by atoms with Crippen LogP contribution in [0.25, 0.3) is 11.1 Å². The fourth-order valence-corrected chi connectivity index (χ4v) is 10.3. The lowest BCUT2D eigenvalue weighted by molar-refractivity contribution is -0.0435. The van der Waals surface area contributed by atoms with Crippen molar-refractivity contribution in [3.05, 3.63) is 137 Å². The van der Waals surface area contributed by atoms with Crippen molar-refractivity contribution < 1.29 is 39.9 Å². The molecular formula is C45H44ClF3N4O6S3. The molecule has 2 unspecified atom stereocenters. The minimum atomic E-state index is -6.08. The van der Waals surface area contributed by atoms with E-state index in [0.29, 0.717) is 55.7 Å². The predicted molar refractivity (Wildman–Crippen MR) is 238 cm³/mol. The number of hydrogen-bond acceptors (Lipinski definition) is 10. The number of thioether (sulfide) groups is 1. The SMILES string of the molecule is C#CN(C)CCC(CSc1ccccc1)Nc1ccc(S(=O)(=O)NC(=O)c2ccc(N3CCC(C(O)c4ccccc4-c4ccc(Cl)cc4)CC3)cc2)cc1S(=O)(=O)C(F)(F)F. The summed E-state index contributed by atoms with van der Waals surface area (Å²) < 4.78 is 96.8. The van der Waals surface area contributed by atoms with Crippen LogP contribution in [0.1, 0.15) is 41.3 Å². The topological polar surface area (TPSA) is 136 Å². The van der Waals surface area contributed by atoms with Gasteiger partial charge in [-0.05, 0) is 109 Å². The highest BCUT2D eigenvalue weighted by atomic mass is 35.5. The number of benzene rings is 5. The van der Waals surface area contributed by atoms with Crippen LogP contribution in [0.4, 0.5) is 24.5 Å². The molecule has 0 aromatic heterocycles. The summed E-state index contributed by atoms with van der Waals surface area (Å²) in [6.45, 7) is 1.52. The van der Waals surface area contributed by atoms with E-state index in [1.165, 1.54) is 28.8 Å². The van der Waals surface area contributed by atoms with Crippen molar-refractivity contribution in [3.63, 3.8) is 0 Å². The predicted octanol–water partition coefficient (Wildman–Crippen LogP) is 8.85. The highest BCUT2D eigenvalue weighted by Gasteiger charge is 2.48. The summed E-state index contributed by atoms with van der Waals surface area (Å²) in [7, 11) is -9.31. The van der Waals surface area contributed by atoms with Gasteiger partial charge in [0.25, 0.3) is 25.8 Å². The zero-order chi connectivity index (χ0) is 44.7. The molecule has 0 saturated carbocycles. The minimum Gasteiger partial charge on any atom is -0.388 e. The molecule has 1 aliphatic heterocycles. The molecular weight excluding hydrogens is 881 g/mol. The fraction of sp³-hybridized carbons (Fsp3) is 0.267. The number of terminal acetylenes is 1. The number of amides is 1. The molecule has 0 aliphatic carbocycles. The molecule has 5 aromatic carbocycles. The maximum atomic E-state index is 14.1. The van der Waals surface area contributed by atoms with Gasteiger partial charge in [-0.1, -0.05) is 72.6 Å². The lowest BCUT2D eigenvalue weighted by Gasteiger charge is -2.36. The molecule has 1 heterocycles. The molecule has 0 radical (unpaired) electrons. The zero-order valence-electron chi connectivity index (χ0n) is 33.4. The fourth-order valence-electron chi connectivity index (χ4n) is 7.12. The molecule has 5 aromatic rings. The van der Waals surface area contributed by atoms with Crippen molar-refractivity contribution in [3.8, 4) is 23.6 Å². The maximum Gasteiger partial charge on any atom is 0.501 e. The summed E-state index contributed by atoms with van der Waals surface area (Å²) in [4.78, 5) is 15.6. The van der Waals surface area contributed by atoms with Gasteiger partial charge in [-0.25, -0.2) is 21.6 Å². The summed E-state index contributed by atoms with van der Waals surface area (Å²) in [6, 6.07) is 34.6. The molecule has 1 saturated heterocycles. The smallest absolute Gasteiger partial charge is 0.388 e. The molecule has 1 amide bonds. The minimum absolute atomic E-state index is 0.0209. The van der Waals surface area contributed by atoms with Gasteiger partial charge in [-0.3, -0.25) is 4.79 Å². The van der Waals surface area contributed by atoms with E-state index in [1.807, 2.05) is 83.6 Å². The first-order valence-electron chi connectivity index (χ1n) is 19.5. The van der Waals surface area contributed by atoms with Gasteiger partial charge in [0.2, 0.25) is 0 Å². The Morgan fingerprint density at radius 3 is 2.23 bits per heavy atom. The summed E-state index contributed by atoms with van der Waals surface area (Å²) in [5, 5.41) is 15.0. The molecule has 10 nitrogen and oxygen atoms in total. The normalized spacial score (nSPS) is 14.7. The Kier molecular flexibility index (Phi) is 14.9. The third kappa shape index (κ3) is 11.2. The lowest BCUT2D eigenvalue weighted by atomic mass is 9.84. The number of nitrogens with one attached hydrogen (secondary N) is 2. The molecule has 2 atom stereocenters. The highest BCUT2D eigenvalue weighted by Crippen LogP contribution is 2.39. The van der Waals surface area contributed by atoms with Crippen molar-refractivity contribution in [1.82, 2.24) is 9.62 Å². The van der Waals surface area contributed by atoms with Crippen LogP contribution in [-0.2, 0) is 19.9 Å². The van der Waals surface area contributed by atoms with Gasteiger partial charge in [0.15, 0.2) is 0 Å². The number of carbonyl (C=O) groups is 1. The van der Waals surface area contributed by atoms with Crippen LogP contribution in [0, 0.1) is 18.4 Å². The first-order valence-corrected chi connectivity index (χ1v) is 23.8. The van der Waals surface area contributed by atoms with Crippen LogP contribution >= 0.6 is 23.4 Å². The average molecular weight is 926 g/mol. The first-order chi connectivity index (χ1) is 29.5. The van der Waals surface area contributed by atoms with Crippen LogP contribution in [0.2, 0.25) is 5.02 Å². The second kappa shape index (κ2) is 19.9. The monoisotopic (exact) mass is 924 g/mol. The number of nitrogens with zero attached hydrogens (tertiary/aromatic N) is 2. The number of sulfonamides is 1. The van der Waals surface area contributed by atoms with Gasteiger partial charge in [0, 0.05) is 65.7 Å². The van der Waals surface area contributed by atoms with Gasteiger partial charge in [-0.2, -0.15) is 13.2 Å². The Morgan fingerprint density at radius 2 is 1.58 bits per heavy atom. The van der Waals surface area contributed by atoms with E-state index in [-0.39, 0.29) is 11.5 Å². The van der Waals surface area contributed by atoms with Gasteiger partial charge in [0.05, 0.1) is 16.7 Å². The van der Waals surface area contributed by atoms with E-state index >= 15 is 0 Å². The Balaban J connectivity index is 1.14. The van der Waals surface area contributed by atoms with Crippen molar-refractivity contribution in [1.29, 1.82) is 0 Å². The summed E-state index contributed by atoms with van der Waals surface area (Å²) in [5.74, 6) is -0.798. The summed E-state index contributed by atoms with van der Waals surface area (Å²) in [5.41, 5.74) is -2.84. The lowest BCUT2D eigenvalue weighted by Crippen LogP contribution is -2.36. The number of piperidine rings is 1. The average Bonchev–Trinajstić information content (AvgIpc) is 3.27. The number of aliphatic hydroxyl groups is 1. The third-order valence-electron chi connectivity index (χ3n) is 10.6. The molecule has 1 aliphatic rings. The number of halogens is 4. The zero-order valence-corrected chi connectivity index (χ0v) is 36.6. The Bertz CT molecular complexity index is 2610. The van der Waals surface area contributed by atoms with Crippen molar-refractivity contribution in [2.75, 3.05) is 42.7 Å². The molecule has 0 spiro atoms. The first kappa shape index (κ1) is 46.3. The van der Waals surface area contributed by atoms with Gasteiger partial charge >= 0.3 is 5.51 Å². The largest absolute Gasteiger partial charge is 0.501 e. The van der Waals surface area contributed by atoms with E-state index in [2.05, 4.69) is 16.3 Å². The number of rotatable bonds is 16. The van der Waals surface area contributed by atoms with Crippen LogP contribution < -0.4 is 14.9 Å². The Hall–Kier alpha value is -5.18. The number of hydrogen-bond donors (Lipinski definition) is 3. The van der Waals surface area contributed by atoms with Gasteiger partial charge < -0.3 is 20.2 Å². The molecule has 1 fully saturated rings.